The molecule has 1 nitrogen and oxygen atoms in total. The Bertz CT molecular complexity index is 438. The fourth-order valence-corrected chi connectivity index (χ4v) is 1.44. The summed E-state index contributed by atoms with van der Waals surface area (Å²) < 4.78 is 2.09. The van der Waals surface area contributed by atoms with E-state index >= 15 is 0 Å². The van der Waals surface area contributed by atoms with E-state index in [4.69, 9.17) is 0 Å². The predicted octanol–water partition coefficient (Wildman–Crippen LogP) is 3.51. The zero-order chi connectivity index (χ0) is 9.97. The van der Waals surface area contributed by atoms with Crippen LogP contribution in [-0.2, 0) is 0 Å². The first-order chi connectivity index (χ1) is 6.77. The molecule has 0 aliphatic rings. The number of benzene rings is 1. The summed E-state index contributed by atoms with van der Waals surface area (Å²) in [6.07, 6.45) is 4.08. The maximum atomic E-state index is 3.94. The Morgan fingerprint density at radius 2 is 1.86 bits per heavy atom. The van der Waals surface area contributed by atoms with E-state index in [0.29, 0.717) is 0 Å². The van der Waals surface area contributed by atoms with Gasteiger partial charge < -0.3 is 4.57 Å². The van der Waals surface area contributed by atoms with Crippen molar-refractivity contribution in [1.29, 1.82) is 0 Å². The number of aromatic nitrogens is 1. The number of allylic oxidation sites excluding steroid dienone is 1. The average Bonchev–Trinajstić information content (AvgIpc) is 2.71. The third-order valence-electron chi connectivity index (χ3n) is 2.24. The first-order valence-corrected chi connectivity index (χ1v) is 4.66. The van der Waals surface area contributed by atoms with Crippen molar-refractivity contribution < 1.29 is 0 Å². The Labute approximate surface area is 84.3 Å². The van der Waals surface area contributed by atoms with Gasteiger partial charge in [0.2, 0.25) is 0 Å². The Morgan fingerprint density at radius 1 is 1.14 bits per heavy atom. The lowest BCUT2D eigenvalue weighted by Crippen LogP contribution is -1.90. The summed E-state index contributed by atoms with van der Waals surface area (Å²) in [6, 6.07) is 12.4. The molecule has 0 atom stereocenters. The summed E-state index contributed by atoms with van der Waals surface area (Å²) in [5.41, 5.74) is 3.46. The monoisotopic (exact) mass is 183 g/mol. The van der Waals surface area contributed by atoms with Crippen LogP contribution in [0, 0.1) is 0 Å². The van der Waals surface area contributed by atoms with Crippen LogP contribution in [0.5, 0.6) is 0 Å². The van der Waals surface area contributed by atoms with Gasteiger partial charge >= 0.3 is 0 Å². The number of hydrogen-bond donors (Lipinski definition) is 0. The van der Waals surface area contributed by atoms with E-state index in [1.165, 1.54) is 11.3 Å². The van der Waals surface area contributed by atoms with Crippen molar-refractivity contribution in [2.75, 3.05) is 0 Å². The summed E-state index contributed by atoms with van der Waals surface area (Å²) in [6.45, 7) is 5.96. The Kier molecular flexibility index (Phi) is 2.23. The van der Waals surface area contributed by atoms with E-state index in [-0.39, 0.29) is 0 Å². The SMILES string of the molecule is C=C(C)c1cccc(-n2cccc2)c1. The second-order valence-corrected chi connectivity index (χ2v) is 3.42. The van der Waals surface area contributed by atoms with Gasteiger partial charge in [-0.05, 0) is 36.8 Å². The minimum absolute atomic E-state index is 1.10. The minimum Gasteiger partial charge on any atom is -0.324 e. The van der Waals surface area contributed by atoms with Gasteiger partial charge in [-0.3, -0.25) is 0 Å². The lowest BCUT2D eigenvalue weighted by atomic mass is 10.1. The fraction of sp³-hybridized carbons (Fsp3) is 0.0769. The van der Waals surface area contributed by atoms with Gasteiger partial charge in [0, 0.05) is 18.1 Å². The maximum Gasteiger partial charge on any atom is 0.0455 e. The molecule has 1 heterocycles. The van der Waals surface area contributed by atoms with Crippen molar-refractivity contribution >= 4 is 5.57 Å². The van der Waals surface area contributed by atoms with Crippen molar-refractivity contribution in [3.63, 3.8) is 0 Å². The van der Waals surface area contributed by atoms with Crippen molar-refractivity contribution in [2.45, 2.75) is 6.92 Å². The topological polar surface area (TPSA) is 4.93 Å². The second kappa shape index (κ2) is 3.54. The van der Waals surface area contributed by atoms with Gasteiger partial charge in [0.1, 0.15) is 0 Å². The smallest absolute Gasteiger partial charge is 0.0455 e. The number of hydrogen-bond acceptors (Lipinski definition) is 0. The van der Waals surface area contributed by atoms with Gasteiger partial charge in [-0.1, -0.05) is 24.3 Å². The Balaban J connectivity index is 2.46. The van der Waals surface area contributed by atoms with Crippen LogP contribution in [0.2, 0.25) is 0 Å². The molecule has 0 aliphatic carbocycles. The van der Waals surface area contributed by atoms with Gasteiger partial charge in [-0.15, -0.1) is 0 Å². The summed E-state index contributed by atoms with van der Waals surface area (Å²) >= 11 is 0. The number of nitrogens with zero attached hydrogens (tertiary/aromatic N) is 1. The first-order valence-electron chi connectivity index (χ1n) is 4.66. The molecule has 70 valence electrons. The Morgan fingerprint density at radius 3 is 2.50 bits per heavy atom. The average molecular weight is 183 g/mol. The highest BCUT2D eigenvalue weighted by Gasteiger charge is 1.97. The van der Waals surface area contributed by atoms with Crippen molar-refractivity contribution in [3.8, 4) is 5.69 Å². The van der Waals surface area contributed by atoms with E-state index in [1.54, 1.807) is 0 Å². The third kappa shape index (κ3) is 1.62. The molecule has 2 aromatic rings. The van der Waals surface area contributed by atoms with Crippen LogP contribution in [0.1, 0.15) is 12.5 Å². The molecule has 0 saturated carbocycles. The van der Waals surface area contributed by atoms with E-state index in [1.807, 2.05) is 31.5 Å². The largest absolute Gasteiger partial charge is 0.324 e. The molecule has 0 N–H and O–H groups in total. The van der Waals surface area contributed by atoms with Gasteiger partial charge in [-0.2, -0.15) is 0 Å². The highest BCUT2D eigenvalue weighted by atomic mass is 14.9. The molecular formula is C13H13N. The zero-order valence-electron chi connectivity index (χ0n) is 8.27. The van der Waals surface area contributed by atoms with Crippen LogP contribution in [0.3, 0.4) is 0 Å². The fourth-order valence-electron chi connectivity index (χ4n) is 1.44. The molecule has 1 aromatic carbocycles. The third-order valence-corrected chi connectivity index (χ3v) is 2.24. The lowest BCUT2D eigenvalue weighted by Gasteiger charge is -2.05. The van der Waals surface area contributed by atoms with Crippen molar-refractivity contribution in [2.24, 2.45) is 0 Å². The number of rotatable bonds is 2. The van der Waals surface area contributed by atoms with E-state index in [9.17, 15) is 0 Å². The molecule has 2 rings (SSSR count). The normalized spacial score (nSPS) is 10.1. The van der Waals surface area contributed by atoms with Crippen LogP contribution in [0.25, 0.3) is 11.3 Å². The van der Waals surface area contributed by atoms with Crippen LogP contribution in [-0.4, -0.2) is 4.57 Å². The zero-order valence-corrected chi connectivity index (χ0v) is 8.27. The molecule has 0 unspecified atom stereocenters. The first kappa shape index (κ1) is 8.82. The molecule has 0 fully saturated rings. The highest BCUT2D eigenvalue weighted by molar-refractivity contribution is 5.63. The molecule has 1 heteroatoms. The van der Waals surface area contributed by atoms with Gasteiger partial charge in [-0.25, -0.2) is 0 Å². The summed E-state index contributed by atoms with van der Waals surface area (Å²) in [7, 11) is 0. The van der Waals surface area contributed by atoms with Gasteiger partial charge in [0.05, 0.1) is 0 Å². The van der Waals surface area contributed by atoms with E-state index in [0.717, 1.165) is 5.57 Å². The van der Waals surface area contributed by atoms with E-state index in [2.05, 4.69) is 35.4 Å². The molecular weight excluding hydrogens is 170 g/mol. The lowest BCUT2D eigenvalue weighted by molar-refractivity contribution is 1.08. The molecule has 14 heavy (non-hydrogen) atoms. The molecule has 0 saturated heterocycles. The molecule has 1 aromatic heterocycles. The quantitative estimate of drug-likeness (QED) is 0.671. The summed E-state index contributed by atoms with van der Waals surface area (Å²) in [5.74, 6) is 0. The van der Waals surface area contributed by atoms with Gasteiger partial charge in [0.15, 0.2) is 0 Å². The van der Waals surface area contributed by atoms with Crippen LogP contribution >= 0.6 is 0 Å². The highest BCUT2D eigenvalue weighted by Crippen LogP contribution is 2.16. The minimum atomic E-state index is 1.10. The standard InChI is InChI=1S/C13H13N/c1-11(2)12-6-5-7-13(10-12)14-8-3-4-9-14/h3-10H,1H2,2H3. The Hall–Kier alpha value is -1.76. The van der Waals surface area contributed by atoms with Gasteiger partial charge in [0.25, 0.3) is 0 Å². The van der Waals surface area contributed by atoms with Crippen molar-refractivity contribution in [3.05, 3.63) is 60.9 Å². The molecule has 0 aliphatic heterocycles. The van der Waals surface area contributed by atoms with Crippen molar-refractivity contribution in [1.82, 2.24) is 4.57 Å². The summed E-state index contributed by atoms with van der Waals surface area (Å²) in [5, 5.41) is 0. The molecule has 0 spiro atoms. The predicted molar refractivity (Wildman–Crippen MR) is 60.5 cm³/mol. The van der Waals surface area contributed by atoms with E-state index < -0.39 is 0 Å². The molecule has 0 bridgehead atoms. The molecule has 0 amide bonds. The summed E-state index contributed by atoms with van der Waals surface area (Å²) in [4.78, 5) is 0. The van der Waals surface area contributed by atoms with Crippen LogP contribution in [0.4, 0.5) is 0 Å². The van der Waals surface area contributed by atoms with Crippen LogP contribution in [0.15, 0.2) is 55.4 Å². The maximum absolute atomic E-state index is 3.94. The second-order valence-electron chi connectivity index (χ2n) is 3.42. The molecule has 0 radical (unpaired) electrons. The van der Waals surface area contributed by atoms with Crippen LogP contribution < -0.4 is 0 Å².